The van der Waals surface area contributed by atoms with Crippen LogP contribution in [0.4, 0.5) is 46.5 Å². The van der Waals surface area contributed by atoms with Gasteiger partial charge in [0.15, 0.2) is 5.82 Å². The number of hydrogen-bond donors (Lipinski definition) is 3. The first-order chi connectivity index (χ1) is 20.5. The average Bonchev–Trinajstić information content (AvgIpc) is 2.87. The summed E-state index contributed by atoms with van der Waals surface area (Å²) in [6.45, 7) is 6.72. The molecule has 45 heavy (non-hydrogen) atoms. The van der Waals surface area contributed by atoms with Crippen molar-refractivity contribution in [2.45, 2.75) is 52.3 Å². The number of carbonyl (C=O) groups excluding carboxylic acids is 1. The number of aliphatic hydroxyl groups excluding tert-OH is 1. The van der Waals surface area contributed by atoms with E-state index in [0.29, 0.717) is 0 Å². The van der Waals surface area contributed by atoms with E-state index in [9.17, 15) is 44.7 Å². The lowest BCUT2D eigenvalue weighted by atomic mass is 10.3. The van der Waals surface area contributed by atoms with Gasteiger partial charge >= 0.3 is 18.3 Å². The molecule has 0 fully saturated rings. The summed E-state index contributed by atoms with van der Waals surface area (Å²) in [5.41, 5.74) is -0.695. The molecule has 10 nitrogen and oxygen atoms in total. The van der Waals surface area contributed by atoms with E-state index in [1.54, 1.807) is 27.7 Å². The van der Waals surface area contributed by atoms with E-state index in [-0.39, 0.29) is 45.7 Å². The zero-order valence-corrected chi connectivity index (χ0v) is 24.7. The summed E-state index contributed by atoms with van der Waals surface area (Å²) >= 11 is 11.5. The molecule has 0 aliphatic carbocycles. The number of ether oxygens (including phenoxy) is 2. The number of aliphatic hydroxyl groups is 1. The van der Waals surface area contributed by atoms with E-state index in [2.05, 4.69) is 15.3 Å². The number of nitrogens with zero attached hydrogens (tertiary/aromatic N) is 3. The number of hydrazone groups is 1. The van der Waals surface area contributed by atoms with E-state index >= 15 is 0 Å². The molecule has 0 bridgehead atoms. The summed E-state index contributed by atoms with van der Waals surface area (Å²) in [5, 5.41) is 26.3. The van der Waals surface area contributed by atoms with E-state index in [0.717, 1.165) is 24.3 Å². The number of benzene rings is 2. The minimum absolute atomic E-state index is 0.00194. The van der Waals surface area contributed by atoms with Crippen LogP contribution >= 0.6 is 23.2 Å². The maximum absolute atomic E-state index is 13.7. The van der Waals surface area contributed by atoms with Crippen LogP contribution < -0.4 is 14.9 Å². The third-order valence-electron chi connectivity index (χ3n) is 4.35. The van der Waals surface area contributed by atoms with Crippen molar-refractivity contribution in [3.8, 4) is 11.5 Å². The number of anilines is 1. The van der Waals surface area contributed by atoms with Crippen molar-refractivity contribution >= 4 is 52.5 Å². The average molecular weight is 697 g/mol. The summed E-state index contributed by atoms with van der Waals surface area (Å²) in [5.74, 6) is -8.64. The zero-order valence-electron chi connectivity index (χ0n) is 23.2. The predicted molar refractivity (Wildman–Crippen MR) is 145 cm³/mol. The number of carboxylic acid groups (broad SMARTS) is 1. The maximum atomic E-state index is 13.7. The second-order valence-corrected chi connectivity index (χ2v) is 9.58. The molecule has 0 spiro atoms. The van der Waals surface area contributed by atoms with Crippen molar-refractivity contribution in [2.24, 2.45) is 15.3 Å². The summed E-state index contributed by atoms with van der Waals surface area (Å²) in [6, 6.07) is 3.77. The molecule has 2 aromatic rings. The molecular formula is C25H22Cl2F8N4O6. The van der Waals surface area contributed by atoms with Gasteiger partial charge in [-0.1, -0.05) is 23.2 Å². The predicted octanol–water partition coefficient (Wildman–Crippen LogP) is 8.56. The quantitative estimate of drug-likeness (QED) is 0.0564. The van der Waals surface area contributed by atoms with Crippen LogP contribution in [0, 0.1) is 11.6 Å². The minimum Gasteiger partial charge on any atom is -0.502 e. The highest BCUT2D eigenvalue weighted by atomic mass is 35.5. The number of nitrogens with one attached hydrogen (secondary N) is 1. The normalized spacial score (nSPS) is 12.7. The van der Waals surface area contributed by atoms with Crippen LogP contribution in [0.15, 0.2) is 51.1 Å². The molecule has 0 heterocycles. The van der Waals surface area contributed by atoms with Gasteiger partial charge in [0, 0.05) is 12.1 Å². The lowest BCUT2D eigenvalue weighted by Gasteiger charge is -2.13. The molecular weight excluding hydrogens is 675 g/mol. The molecule has 20 heteroatoms. The lowest BCUT2D eigenvalue weighted by molar-refractivity contribution is -0.162. The molecule has 2 aromatic carbocycles. The van der Waals surface area contributed by atoms with Gasteiger partial charge in [-0.25, -0.2) is 13.6 Å². The summed E-state index contributed by atoms with van der Waals surface area (Å²) < 4.78 is 111. The number of carbonyl (C=O) groups is 2. The number of ketones is 1. The Labute approximate surface area is 258 Å². The number of hydrogen-bond acceptors (Lipinski definition) is 9. The Morgan fingerprint density at radius 2 is 1.33 bits per heavy atom. The van der Waals surface area contributed by atoms with Crippen molar-refractivity contribution in [3.63, 3.8) is 0 Å². The van der Waals surface area contributed by atoms with Crippen molar-refractivity contribution in [1.29, 1.82) is 0 Å². The van der Waals surface area contributed by atoms with E-state index in [1.165, 1.54) is 0 Å². The van der Waals surface area contributed by atoms with Gasteiger partial charge in [-0.05, 0) is 39.8 Å². The van der Waals surface area contributed by atoms with Gasteiger partial charge in [-0.15, -0.1) is 10.2 Å². The fraction of sp³-hybridized carbons (Fsp3) is 0.320. The number of allylic oxidation sites excluding steroid dienone is 1. The largest absolute Gasteiger partial charge is 0.502 e. The molecule has 0 aromatic heterocycles. The molecule has 0 aliphatic rings. The second kappa shape index (κ2) is 16.2. The van der Waals surface area contributed by atoms with Gasteiger partial charge in [0.05, 0.1) is 34.2 Å². The molecule has 0 aliphatic heterocycles. The van der Waals surface area contributed by atoms with Gasteiger partial charge in [0.2, 0.25) is 11.5 Å². The highest BCUT2D eigenvalue weighted by Crippen LogP contribution is 2.34. The standard InChI is InChI=1S/C13H11ClF4N2O4.C12H11ClF4N2O2/c1-5(2)24-9-4-8(7(15)3-6(9)14)19-20-10(12(22)23)11(21)13(16,17)18;1-6(2)21-10-4-9(8(14)3-7(10)13)19-18-5-11(20)12(15,16)17/h3-5,21H,1-2H3,(H,22,23);3-6,19H,1-2H3/b;18-5-. The molecule has 2 rings (SSSR count). The van der Waals surface area contributed by atoms with Gasteiger partial charge in [-0.3, -0.25) is 10.2 Å². The summed E-state index contributed by atoms with van der Waals surface area (Å²) in [6.07, 6.45) is -11.0. The number of Topliss-reactive ketones (excluding diaryl/α,β-unsaturated/α-hetero) is 1. The Bertz CT molecular complexity index is 1480. The van der Waals surface area contributed by atoms with Crippen LogP contribution in [0.5, 0.6) is 11.5 Å². The number of carboxylic acids is 1. The van der Waals surface area contributed by atoms with Crippen LogP contribution in [-0.4, -0.2) is 52.7 Å². The summed E-state index contributed by atoms with van der Waals surface area (Å²) in [4.78, 5) is 21.3. The Hall–Kier alpha value is -4.19. The van der Waals surface area contributed by atoms with Crippen molar-refractivity contribution in [1.82, 2.24) is 0 Å². The van der Waals surface area contributed by atoms with Crippen LogP contribution in [0.1, 0.15) is 27.7 Å². The molecule has 248 valence electrons. The van der Waals surface area contributed by atoms with Gasteiger partial charge in [0.1, 0.15) is 23.0 Å². The second-order valence-electron chi connectivity index (χ2n) is 8.76. The fourth-order valence-electron chi connectivity index (χ4n) is 2.56. The van der Waals surface area contributed by atoms with Crippen LogP contribution in [-0.2, 0) is 9.59 Å². The fourth-order valence-corrected chi connectivity index (χ4v) is 2.95. The molecule has 0 amide bonds. The third-order valence-corrected chi connectivity index (χ3v) is 4.94. The Morgan fingerprint density at radius 1 is 0.844 bits per heavy atom. The first-order valence-corrected chi connectivity index (χ1v) is 12.7. The van der Waals surface area contributed by atoms with Gasteiger partial charge in [-0.2, -0.15) is 31.4 Å². The first kappa shape index (κ1) is 38.8. The minimum atomic E-state index is -5.35. The number of alkyl halides is 6. The topological polar surface area (TPSA) is 142 Å². The summed E-state index contributed by atoms with van der Waals surface area (Å²) in [7, 11) is 0. The zero-order chi connectivity index (χ0) is 34.9. The van der Waals surface area contributed by atoms with E-state index < -0.39 is 52.9 Å². The Morgan fingerprint density at radius 3 is 1.78 bits per heavy atom. The van der Waals surface area contributed by atoms with Crippen molar-refractivity contribution in [3.05, 3.63) is 57.4 Å². The lowest BCUT2D eigenvalue weighted by Crippen LogP contribution is -2.24. The monoisotopic (exact) mass is 696 g/mol. The molecule has 0 saturated heterocycles. The Balaban J connectivity index is 0.000000454. The maximum Gasteiger partial charge on any atom is 0.455 e. The van der Waals surface area contributed by atoms with Crippen LogP contribution in [0.25, 0.3) is 0 Å². The first-order valence-electron chi connectivity index (χ1n) is 11.9. The smallest absolute Gasteiger partial charge is 0.455 e. The molecule has 0 saturated carbocycles. The molecule has 0 unspecified atom stereocenters. The van der Waals surface area contributed by atoms with Crippen molar-refractivity contribution in [2.75, 3.05) is 5.43 Å². The van der Waals surface area contributed by atoms with E-state index in [1.807, 2.05) is 5.43 Å². The number of halogens is 10. The molecule has 0 radical (unpaired) electrons. The van der Waals surface area contributed by atoms with E-state index in [4.69, 9.17) is 42.9 Å². The Kier molecular flexibility index (Phi) is 14.0. The number of azo groups is 1. The van der Waals surface area contributed by atoms with Gasteiger partial charge in [0.25, 0.3) is 5.78 Å². The van der Waals surface area contributed by atoms with Crippen LogP contribution in [0.2, 0.25) is 10.0 Å². The van der Waals surface area contributed by atoms with Crippen molar-refractivity contribution < 1.29 is 64.4 Å². The number of aliphatic carboxylic acids is 1. The van der Waals surface area contributed by atoms with Crippen LogP contribution in [0.3, 0.4) is 0 Å². The third kappa shape index (κ3) is 12.8. The van der Waals surface area contributed by atoms with Gasteiger partial charge < -0.3 is 19.7 Å². The highest BCUT2D eigenvalue weighted by molar-refractivity contribution is 6.32. The molecule has 0 atom stereocenters. The molecule has 3 N–H and O–H groups in total. The highest BCUT2D eigenvalue weighted by Gasteiger charge is 2.39. The number of rotatable bonds is 10. The SMILES string of the molecule is CC(C)Oc1cc(N/N=C\C(=O)C(F)(F)F)c(F)cc1Cl.CC(C)Oc1cc(N=NC(C(=O)O)=C(O)C(F)(F)F)c(F)cc1Cl.